The highest BCUT2D eigenvalue weighted by atomic mass is 32.5. The van der Waals surface area contributed by atoms with E-state index < -0.39 is 61.9 Å². The van der Waals surface area contributed by atoms with Gasteiger partial charge in [-0.2, -0.15) is 14.3 Å². The molecule has 20 nitrogen and oxygen atoms in total. The van der Waals surface area contributed by atoms with Crippen LogP contribution in [0.3, 0.4) is 0 Å². The van der Waals surface area contributed by atoms with Gasteiger partial charge in [-0.05, 0) is 11.8 Å². The zero-order valence-corrected chi connectivity index (χ0v) is 22.4. The highest BCUT2D eigenvalue weighted by Crippen LogP contribution is 2.53. The van der Waals surface area contributed by atoms with Crippen LogP contribution in [0.2, 0.25) is 0 Å². The molecule has 6 heterocycles. The highest BCUT2D eigenvalue weighted by molar-refractivity contribution is 8.07. The number of aliphatic hydroxyl groups is 2. The number of rotatable bonds is 8. The van der Waals surface area contributed by atoms with Gasteiger partial charge in [0.2, 0.25) is 5.95 Å². The van der Waals surface area contributed by atoms with Crippen LogP contribution < -0.4 is 17.0 Å². The standard InChI is InChI=1S/C18H22FN12O8PS/c19-18(31-13-9(26-29-31)12(20)22-6-23-13)5-37-8(11(18)33)3-38-40(35,41)39-17(1-7(2-32)36-4-17)30-14-10(27-28-30)15(34)25-16(21)24-14/h6-8,11,32-33H,1-5H2,(H,35,41)(H2,20,22,23)(H3,21,24,25,34)/t7-,8+,11+,17-,18-,40?/m0/s1. The molecule has 6 atom stereocenters. The number of ether oxygens (including phenoxy) is 2. The van der Waals surface area contributed by atoms with Crippen LogP contribution in [0.1, 0.15) is 6.42 Å². The first-order chi connectivity index (χ1) is 19.5. The van der Waals surface area contributed by atoms with Gasteiger partial charge in [0.1, 0.15) is 25.1 Å². The van der Waals surface area contributed by atoms with E-state index in [1.54, 1.807) is 0 Å². The van der Waals surface area contributed by atoms with Gasteiger partial charge in [0, 0.05) is 6.42 Å². The fourth-order valence-corrected chi connectivity index (χ4v) is 6.26. The van der Waals surface area contributed by atoms with Crippen LogP contribution in [-0.2, 0) is 41.8 Å². The second-order valence-electron chi connectivity index (χ2n) is 9.29. The Labute approximate surface area is 231 Å². The molecule has 4 aromatic rings. The smallest absolute Gasteiger partial charge is 0.326 e. The van der Waals surface area contributed by atoms with Gasteiger partial charge in [0.25, 0.3) is 11.4 Å². The number of nitrogen functional groups attached to an aromatic ring is 2. The van der Waals surface area contributed by atoms with Crippen molar-refractivity contribution in [2.75, 3.05) is 37.9 Å². The van der Waals surface area contributed by atoms with Crippen molar-refractivity contribution in [1.29, 1.82) is 0 Å². The van der Waals surface area contributed by atoms with Gasteiger partial charge in [-0.3, -0.25) is 14.3 Å². The maximum absolute atomic E-state index is 16.0. The topological polar surface area (TPSA) is 283 Å². The Morgan fingerprint density at radius 2 is 1.95 bits per heavy atom. The second kappa shape index (κ2) is 9.89. The van der Waals surface area contributed by atoms with E-state index in [1.807, 2.05) is 0 Å². The predicted octanol–water partition coefficient (Wildman–Crippen LogP) is -3.02. The summed E-state index contributed by atoms with van der Waals surface area (Å²) in [4.78, 5) is 37.3. The summed E-state index contributed by atoms with van der Waals surface area (Å²) >= 11 is 5.20. The quantitative estimate of drug-likeness (QED) is 0.107. The number of fused-ring (bicyclic) bond motifs is 2. The molecule has 220 valence electrons. The lowest BCUT2D eigenvalue weighted by molar-refractivity contribution is -0.0617. The van der Waals surface area contributed by atoms with Crippen molar-refractivity contribution in [3.05, 3.63) is 16.7 Å². The third-order valence-electron chi connectivity index (χ3n) is 6.62. The SMILES string of the molecule is Nc1nc2c(nnn2[C@@]2(OP(O)(=S)OC[C@H]3OC[C@](F)(n4nnc5c(N)ncnc54)[C@@H]3O)CO[C@H](CO)C2)c(=O)[nH]1. The minimum absolute atomic E-state index is 0.0276. The van der Waals surface area contributed by atoms with Crippen LogP contribution in [0, 0.1) is 0 Å². The van der Waals surface area contributed by atoms with Gasteiger partial charge < -0.3 is 40.6 Å². The summed E-state index contributed by atoms with van der Waals surface area (Å²) in [6, 6.07) is 0. The fourth-order valence-electron chi connectivity index (χ4n) is 4.64. The van der Waals surface area contributed by atoms with Gasteiger partial charge >= 0.3 is 6.72 Å². The van der Waals surface area contributed by atoms with E-state index in [-0.39, 0.29) is 47.1 Å². The van der Waals surface area contributed by atoms with Gasteiger partial charge in [0.05, 0.1) is 25.9 Å². The number of aliphatic hydroxyl groups excluding tert-OH is 2. The zero-order valence-electron chi connectivity index (χ0n) is 20.6. The third kappa shape index (κ3) is 4.62. The number of nitrogens with two attached hydrogens (primary N) is 2. The molecule has 1 unspecified atom stereocenters. The molecule has 0 amide bonds. The summed E-state index contributed by atoms with van der Waals surface area (Å²) in [6.07, 6.45) is -3.01. The Hall–Kier alpha value is -3.34. The molecule has 0 aromatic carbocycles. The minimum Gasteiger partial charge on any atom is -0.394 e. The van der Waals surface area contributed by atoms with Gasteiger partial charge in [-0.25, -0.2) is 14.4 Å². The average Bonchev–Trinajstić information content (AvgIpc) is 3.69. The number of aromatic nitrogens is 10. The first kappa shape index (κ1) is 27.8. The van der Waals surface area contributed by atoms with E-state index in [1.165, 1.54) is 0 Å². The minimum atomic E-state index is -4.26. The molecule has 23 heteroatoms. The van der Waals surface area contributed by atoms with Crippen LogP contribution >= 0.6 is 6.72 Å². The average molecular weight is 616 g/mol. The molecule has 0 spiro atoms. The first-order valence-electron chi connectivity index (χ1n) is 11.8. The molecule has 2 saturated heterocycles. The molecule has 6 rings (SSSR count). The van der Waals surface area contributed by atoms with E-state index in [4.69, 9.17) is 41.8 Å². The molecule has 2 aliphatic rings. The number of halogens is 1. The lowest BCUT2D eigenvalue weighted by Crippen LogP contribution is -2.44. The molecular weight excluding hydrogens is 594 g/mol. The van der Waals surface area contributed by atoms with Gasteiger partial charge in [-0.15, -0.1) is 10.2 Å². The Morgan fingerprint density at radius 1 is 1.20 bits per heavy atom. The monoisotopic (exact) mass is 616 g/mol. The summed E-state index contributed by atoms with van der Waals surface area (Å²) < 4.78 is 40.0. The van der Waals surface area contributed by atoms with Gasteiger partial charge in [0.15, 0.2) is 33.9 Å². The van der Waals surface area contributed by atoms with E-state index in [9.17, 15) is 19.9 Å². The number of aromatic amines is 1. The Kier molecular flexibility index (Phi) is 6.71. The number of nitrogens with zero attached hydrogens (tertiary/aromatic N) is 9. The van der Waals surface area contributed by atoms with Crippen LogP contribution in [0.5, 0.6) is 0 Å². The molecule has 0 saturated carbocycles. The molecule has 0 aliphatic carbocycles. The van der Waals surface area contributed by atoms with Crippen molar-refractivity contribution in [2.24, 2.45) is 0 Å². The van der Waals surface area contributed by atoms with Crippen molar-refractivity contribution in [3.63, 3.8) is 0 Å². The summed E-state index contributed by atoms with van der Waals surface area (Å²) in [5.74, 6) is -2.91. The van der Waals surface area contributed by atoms with E-state index >= 15 is 4.39 Å². The second-order valence-corrected chi connectivity index (χ2v) is 12.1. The van der Waals surface area contributed by atoms with Crippen LogP contribution in [0.4, 0.5) is 16.2 Å². The number of H-pyrrole nitrogens is 1. The largest absolute Gasteiger partial charge is 0.394 e. The number of anilines is 2. The highest BCUT2D eigenvalue weighted by Gasteiger charge is 2.55. The molecule has 2 fully saturated rings. The third-order valence-corrected chi connectivity index (χ3v) is 8.21. The Morgan fingerprint density at radius 3 is 2.71 bits per heavy atom. The normalized spacial score (nSPS) is 29.9. The molecule has 0 bridgehead atoms. The van der Waals surface area contributed by atoms with Crippen molar-refractivity contribution >= 4 is 52.6 Å². The Bertz CT molecular complexity index is 1740. The van der Waals surface area contributed by atoms with E-state index in [0.29, 0.717) is 0 Å². The van der Waals surface area contributed by atoms with Crippen LogP contribution in [0.15, 0.2) is 11.1 Å². The number of hydrogen-bond acceptors (Lipinski definition) is 17. The van der Waals surface area contributed by atoms with E-state index in [0.717, 1.165) is 15.7 Å². The summed E-state index contributed by atoms with van der Waals surface area (Å²) in [7, 11) is 0. The zero-order chi connectivity index (χ0) is 29.2. The maximum Gasteiger partial charge on any atom is 0.326 e. The van der Waals surface area contributed by atoms with Gasteiger partial charge in [-0.1, -0.05) is 10.4 Å². The van der Waals surface area contributed by atoms with Crippen molar-refractivity contribution in [2.45, 2.75) is 36.3 Å². The number of nitrogens with one attached hydrogen (secondary N) is 1. The summed E-state index contributed by atoms with van der Waals surface area (Å²) in [5.41, 5.74) is 8.65. The van der Waals surface area contributed by atoms with Crippen LogP contribution in [-0.4, -0.2) is 110 Å². The number of hydrogen-bond donors (Lipinski definition) is 6. The van der Waals surface area contributed by atoms with E-state index in [2.05, 4.69) is 40.6 Å². The fraction of sp³-hybridized carbons (Fsp3) is 0.556. The van der Waals surface area contributed by atoms with Crippen LogP contribution in [0.25, 0.3) is 22.3 Å². The molecule has 2 aliphatic heterocycles. The van der Waals surface area contributed by atoms with Crippen molar-refractivity contribution < 1.29 is 38.0 Å². The Balaban J connectivity index is 1.23. The molecular formula is C18H22FN12O8PS. The first-order valence-corrected chi connectivity index (χ1v) is 14.4. The molecule has 8 N–H and O–H groups in total. The summed E-state index contributed by atoms with van der Waals surface area (Å²) in [5, 5.41) is 35.7. The molecule has 4 aromatic heterocycles. The summed E-state index contributed by atoms with van der Waals surface area (Å²) in [6.45, 7) is -6.29. The number of alkyl halides is 1. The van der Waals surface area contributed by atoms with Crippen molar-refractivity contribution in [1.82, 2.24) is 49.9 Å². The lowest BCUT2D eigenvalue weighted by atomic mass is 10.1. The van der Waals surface area contributed by atoms with Crippen molar-refractivity contribution in [3.8, 4) is 0 Å². The maximum atomic E-state index is 16.0. The lowest BCUT2D eigenvalue weighted by Gasteiger charge is -2.32. The molecule has 41 heavy (non-hydrogen) atoms. The predicted molar refractivity (Wildman–Crippen MR) is 136 cm³/mol. The molecule has 0 radical (unpaired) electrons.